The van der Waals surface area contributed by atoms with Gasteiger partial charge in [-0.05, 0) is 50.1 Å². The molecule has 1 fully saturated rings. The minimum absolute atomic E-state index is 0.0916. The molecule has 1 aliphatic heterocycles. The van der Waals surface area contributed by atoms with Crippen LogP contribution in [0.2, 0.25) is 0 Å². The number of aromatic nitrogens is 1. The Morgan fingerprint density at radius 1 is 1.16 bits per heavy atom. The number of carbonyl (C=O) groups is 2. The standard InChI is InChI=1S/C24H25N3O4/c1-16-20(17(2)31-26-16)15-30-19-11-9-18(10-12-19)14-23(28)25-21-6-3-4-7-22(21)27-13-5-8-24(27)29/h3-4,6-7,9-12H,5,8,13-15H2,1-2H3,(H,25,28). The molecule has 1 aromatic heterocycles. The lowest BCUT2D eigenvalue weighted by Crippen LogP contribution is -2.25. The predicted octanol–water partition coefficient (Wildman–Crippen LogP) is 4.18. The van der Waals surface area contributed by atoms with E-state index in [9.17, 15) is 9.59 Å². The van der Waals surface area contributed by atoms with Crippen LogP contribution >= 0.6 is 0 Å². The van der Waals surface area contributed by atoms with Gasteiger partial charge in [-0.2, -0.15) is 0 Å². The van der Waals surface area contributed by atoms with Gasteiger partial charge in [0.1, 0.15) is 18.1 Å². The number of hydrogen-bond donors (Lipinski definition) is 1. The van der Waals surface area contributed by atoms with E-state index in [0.717, 1.165) is 34.7 Å². The predicted molar refractivity (Wildman–Crippen MR) is 117 cm³/mol. The zero-order valence-corrected chi connectivity index (χ0v) is 17.7. The SMILES string of the molecule is Cc1noc(C)c1COc1ccc(CC(=O)Nc2ccccc2N2CCCC2=O)cc1. The summed E-state index contributed by atoms with van der Waals surface area (Å²) in [4.78, 5) is 26.4. The van der Waals surface area contributed by atoms with Crippen LogP contribution in [-0.4, -0.2) is 23.5 Å². The fraction of sp³-hybridized carbons (Fsp3) is 0.292. The first-order valence-electron chi connectivity index (χ1n) is 10.3. The minimum Gasteiger partial charge on any atom is -0.489 e. The van der Waals surface area contributed by atoms with Gasteiger partial charge in [0, 0.05) is 13.0 Å². The van der Waals surface area contributed by atoms with Crippen molar-refractivity contribution in [2.45, 2.75) is 39.7 Å². The van der Waals surface area contributed by atoms with E-state index in [1.807, 2.05) is 62.4 Å². The van der Waals surface area contributed by atoms with E-state index in [1.54, 1.807) is 4.90 Å². The van der Waals surface area contributed by atoms with Crippen LogP contribution < -0.4 is 15.0 Å². The molecule has 7 heteroatoms. The Morgan fingerprint density at radius 3 is 2.61 bits per heavy atom. The first-order chi connectivity index (χ1) is 15.0. The van der Waals surface area contributed by atoms with Gasteiger partial charge in [-0.25, -0.2) is 0 Å². The number of benzene rings is 2. The number of hydrogen-bond acceptors (Lipinski definition) is 5. The highest BCUT2D eigenvalue weighted by atomic mass is 16.5. The van der Waals surface area contributed by atoms with Crippen molar-refractivity contribution in [3.63, 3.8) is 0 Å². The Morgan fingerprint density at radius 2 is 1.94 bits per heavy atom. The molecular formula is C24H25N3O4. The molecule has 2 amide bonds. The normalized spacial score (nSPS) is 13.5. The summed E-state index contributed by atoms with van der Waals surface area (Å²) in [7, 11) is 0. The van der Waals surface area contributed by atoms with E-state index in [1.165, 1.54) is 0 Å². The molecule has 4 rings (SSSR count). The van der Waals surface area contributed by atoms with E-state index >= 15 is 0 Å². The molecular weight excluding hydrogens is 394 g/mol. The number of amides is 2. The summed E-state index contributed by atoms with van der Waals surface area (Å²) in [6.07, 6.45) is 1.62. The smallest absolute Gasteiger partial charge is 0.228 e. The molecule has 31 heavy (non-hydrogen) atoms. The van der Waals surface area contributed by atoms with Gasteiger partial charge in [0.2, 0.25) is 11.8 Å². The Kier molecular flexibility index (Phi) is 6.02. The average molecular weight is 419 g/mol. The molecule has 0 spiro atoms. The van der Waals surface area contributed by atoms with Crippen molar-refractivity contribution in [2.75, 3.05) is 16.8 Å². The number of carbonyl (C=O) groups excluding carboxylic acids is 2. The van der Waals surface area contributed by atoms with Crippen LogP contribution in [0.25, 0.3) is 0 Å². The lowest BCUT2D eigenvalue weighted by atomic mass is 10.1. The minimum atomic E-state index is -0.136. The third-order valence-electron chi connectivity index (χ3n) is 5.39. The van der Waals surface area contributed by atoms with Crippen molar-refractivity contribution >= 4 is 23.2 Å². The molecule has 1 saturated heterocycles. The molecule has 0 unspecified atom stereocenters. The lowest BCUT2D eigenvalue weighted by molar-refractivity contribution is -0.117. The van der Waals surface area contributed by atoms with Crippen molar-refractivity contribution in [3.05, 3.63) is 71.1 Å². The fourth-order valence-electron chi connectivity index (χ4n) is 3.66. The van der Waals surface area contributed by atoms with Gasteiger partial charge in [0.15, 0.2) is 0 Å². The largest absolute Gasteiger partial charge is 0.489 e. The Bertz CT molecular complexity index is 1070. The van der Waals surface area contributed by atoms with Gasteiger partial charge >= 0.3 is 0 Å². The highest BCUT2D eigenvalue weighted by Gasteiger charge is 2.24. The van der Waals surface area contributed by atoms with Crippen LogP contribution in [0.5, 0.6) is 5.75 Å². The first-order valence-corrected chi connectivity index (χ1v) is 10.3. The van der Waals surface area contributed by atoms with Crippen LogP contribution in [0, 0.1) is 13.8 Å². The maximum absolute atomic E-state index is 12.6. The number of rotatable bonds is 7. The highest BCUT2D eigenvalue weighted by molar-refractivity contribution is 6.02. The third-order valence-corrected chi connectivity index (χ3v) is 5.39. The van der Waals surface area contributed by atoms with Crippen LogP contribution in [0.1, 0.15) is 35.4 Å². The van der Waals surface area contributed by atoms with Crippen molar-refractivity contribution in [1.82, 2.24) is 5.16 Å². The van der Waals surface area contributed by atoms with Crippen LogP contribution in [0.15, 0.2) is 53.1 Å². The maximum atomic E-state index is 12.6. The molecule has 3 aromatic rings. The molecule has 7 nitrogen and oxygen atoms in total. The van der Waals surface area contributed by atoms with E-state index in [2.05, 4.69) is 10.5 Å². The van der Waals surface area contributed by atoms with Crippen molar-refractivity contribution in [1.29, 1.82) is 0 Å². The molecule has 0 bridgehead atoms. The summed E-state index contributed by atoms with van der Waals surface area (Å²) in [5.74, 6) is 1.42. The molecule has 2 aromatic carbocycles. The molecule has 0 radical (unpaired) electrons. The molecule has 160 valence electrons. The highest BCUT2D eigenvalue weighted by Crippen LogP contribution is 2.29. The summed E-state index contributed by atoms with van der Waals surface area (Å²) < 4.78 is 11.0. The Hall–Kier alpha value is -3.61. The summed E-state index contributed by atoms with van der Waals surface area (Å²) in [6, 6.07) is 14.8. The van der Waals surface area contributed by atoms with Crippen LogP contribution in [0.4, 0.5) is 11.4 Å². The Labute approximate surface area is 181 Å². The van der Waals surface area contributed by atoms with Gasteiger partial charge in [0.05, 0.1) is 29.1 Å². The number of para-hydroxylation sites is 2. The third kappa shape index (κ3) is 4.77. The van der Waals surface area contributed by atoms with Crippen LogP contribution in [0.3, 0.4) is 0 Å². The van der Waals surface area contributed by atoms with E-state index in [0.29, 0.717) is 31.0 Å². The molecule has 2 heterocycles. The van der Waals surface area contributed by atoms with Crippen molar-refractivity contribution in [3.8, 4) is 5.75 Å². The molecule has 1 aliphatic rings. The second kappa shape index (κ2) is 9.04. The van der Waals surface area contributed by atoms with E-state index in [-0.39, 0.29) is 18.2 Å². The van der Waals surface area contributed by atoms with Gasteiger partial charge in [-0.3, -0.25) is 9.59 Å². The van der Waals surface area contributed by atoms with Gasteiger partial charge in [-0.1, -0.05) is 29.4 Å². The summed E-state index contributed by atoms with van der Waals surface area (Å²) in [5.41, 5.74) is 4.04. The molecule has 1 N–H and O–H groups in total. The van der Waals surface area contributed by atoms with Crippen molar-refractivity contribution in [2.24, 2.45) is 0 Å². The number of anilines is 2. The molecule has 0 aliphatic carbocycles. The second-order valence-corrected chi connectivity index (χ2v) is 7.63. The van der Waals surface area contributed by atoms with Crippen molar-refractivity contribution < 1.29 is 18.8 Å². The quantitative estimate of drug-likeness (QED) is 0.621. The second-order valence-electron chi connectivity index (χ2n) is 7.63. The van der Waals surface area contributed by atoms with E-state index in [4.69, 9.17) is 9.26 Å². The first kappa shape index (κ1) is 20.7. The fourth-order valence-corrected chi connectivity index (χ4v) is 3.66. The number of nitrogens with zero attached hydrogens (tertiary/aromatic N) is 2. The molecule has 0 saturated carbocycles. The number of ether oxygens (including phenoxy) is 1. The summed E-state index contributed by atoms with van der Waals surface area (Å²) in [5, 5.41) is 6.87. The van der Waals surface area contributed by atoms with E-state index < -0.39 is 0 Å². The molecule has 0 atom stereocenters. The Balaban J connectivity index is 1.36. The zero-order valence-electron chi connectivity index (χ0n) is 17.7. The number of aryl methyl sites for hydroxylation is 2. The van der Waals surface area contributed by atoms with Gasteiger partial charge in [-0.15, -0.1) is 0 Å². The monoisotopic (exact) mass is 419 g/mol. The summed E-state index contributed by atoms with van der Waals surface area (Å²) >= 11 is 0. The van der Waals surface area contributed by atoms with Gasteiger partial charge < -0.3 is 19.5 Å². The van der Waals surface area contributed by atoms with Crippen LogP contribution in [-0.2, 0) is 22.6 Å². The topological polar surface area (TPSA) is 84.7 Å². The van der Waals surface area contributed by atoms with Gasteiger partial charge in [0.25, 0.3) is 0 Å². The summed E-state index contributed by atoms with van der Waals surface area (Å²) in [6.45, 7) is 4.81. The number of nitrogens with one attached hydrogen (secondary N) is 1. The lowest BCUT2D eigenvalue weighted by Gasteiger charge is -2.20. The maximum Gasteiger partial charge on any atom is 0.228 e. The average Bonchev–Trinajstić information content (AvgIpc) is 3.33. The zero-order chi connectivity index (χ0) is 21.8.